The SMILES string of the molecule is CNC(=O)[C@H](C)NC(=O)CCCN. The first kappa shape index (κ1) is 11.9. The lowest BCUT2D eigenvalue weighted by molar-refractivity contribution is -0.128. The van der Waals surface area contributed by atoms with Crippen LogP contribution in [0.25, 0.3) is 0 Å². The fraction of sp³-hybridized carbons (Fsp3) is 0.750. The number of amides is 2. The lowest BCUT2D eigenvalue weighted by Gasteiger charge is -2.11. The summed E-state index contributed by atoms with van der Waals surface area (Å²) in [4.78, 5) is 22.1. The van der Waals surface area contributed by atoms with Gasteiger partial charge in [-0.1, -0.05) is 0 Å². The number of hydrogen-bond donors (Lipinski definition) is 3. The second kappa shape index (κ2) is 6.42. The van der Waals surface area contributed by atoms with Crippen LogP contribution in [0.2, 0.25) is 0 Å². The normalized spacial score (nSPS) is 11.9. The van der Waals surface area contributed by atoms with Gasteiger partial charge in [0.25, 0.3) is 0 Å². The van der Waals surface area contributed by atoms with Gasteiger partial charge in [0.05, 0.1) is 0 Å². The Labute approximate surface area is 78.1 Å². The van der Waals surface area contributed by atoms with Crippen molar-refractivity contribution in [3.05, 3.63) is 0 Å². The minimum Gasteiger partial charge on any atom is -0.357 e. The molecule has 0 rings (SSSR count). The summed E-state index contributed by atoms with van der Waals surface area (Å²) in [7, 11) is 1.53. The van der Waals surface area contributed by atoms with Gasteiger partial charge in [-0.05, 0) is 19.9 Å². The van der Waals surface area contributed by atoms with Crippen LogP contribution in [0.4, 0.5) is 0 Å². The second-order valence-corrected chi connectivity index (χ2v) is 2.80. The van der Waals surface area contributed by atoms with E-state index in [0.717, 1.165) is 0 Å². The lowest BCUT2D eigenvalue weighted by atomic mass is 10.2. The summed E-state index contributed by atoms with van der Waals surface area (Å²) < 4.78 is 0. The molecule has 0 fully saturated rings. The molecule has 2 amide bonds. The maximum absolute atomic E-state index is 11.1. The zero-order chi connectivity index (χ0) is 10.3. The Balaban J connectivity index is 3.71. The van der Waals surface area contributed by atoms with Crippen LogP contribution in [0, 0.1) is 0 Å². The molecule has 0 aromatic carbocycles. The number of nitrogens with two attached hydrogens (primary N) is 1. The van der Waals surface area contributed by atoms with Crippen molar-refractivity contribution in [2.75, 3.05) is 13.6 Å². The summed E-state index contributed by atoms with van der Waals surface area (Å²) in [5, 5.41) is 5.01. The summed E-state index contributed by atoms with van der Waals surface area (Å²) >= 11 is 0. The predicted molar refractivity (Wildman–Crippen MR) is 50.0 cm³/mol. The third kappa shape index (κ3) is 5.19. The van der Waals surface area contributed by atoms with E-state index in [0.29, 0.717) is 19.4 Å². The van der Waals surface area contributed by atoms with Crippen LogP contribution in [-0.4, -0.2) is 31.4 Å². The topological polar surface area (TPSA) is 84.2 Å². The summed E-state index contributed by atoms with van der Waals surface area (Å²) in [6, 6.07) is -0.477. The highest BCUT2D eigenvalue weighted by atomic mass is 16.2. The fourth-order valence-corrected chi connectivity index (χ4v) is 0.858. The van der Waals surface area contributed by atoms with E-state index in [4.69, 9.17) is 5.73 Å². The molecule has 0 aliphatic heterocycles. The maximum Gasteiger partial charge on any atom is 0.242 e. The van der Waals surface area contributed by atoms with E-state index in [1.165, 1.54) is 7.05 Å². The molecule has 0 bridgehead atoms. The number of carbonyl (C=O) groups is 2. The van der Waals surface area contributed by atoms with Crippen LogP contribution in [-0.2, 0) is 9.59 Å². The molecule has 0 aliphatic carbocycles. The Hall–Kier alpha value is -1.10. The minimum absolute atomic E-state index is 0.137. The van der Waals surface area contributed by atoms with Crippen molar-refractivity contribution in [2.24, 2.45) is 5.73 Å². The number of hydrogen-bond acceptors (Lipinski definition) is 3. The van der Waals surface area contributed by atoms with Gasteiger partial charge < -0.3 is 16.4 Å². The van der Waals surface area contributed by atoms with E-state index in [-0.39, 0.29) is 11.8 Å². The number of nitrogens with one attached hydrogen (secondary N) is 2. The van der Waals surface area contributed by atoms with Crippen LogP contribution in [0.15, 0.2) is 0 Å². The van der Waals surface area contributed by atoms with Crippen molar-refractivity contribution in [2.45, 2.75) is 25.8 Å². The number of rotatable bonds is 5. The standard InChI is InChI=1S/C8H17N3O2/c1-6(8(13)10-2)11-7(12)4-3-5-9/h6H,3-5,9H2,1-2H3,(H,10,13)(H,11,12)/t6-/m0/s1. The smallest absolute Gasteiger partial charge is 0.242 e. The predicted octanol–water partition coefficient (Wildman–Crippen LogP) is -1.02. The van der Waals surface area contributed by atoms with Gasteiger partial charge in [0.1, 0.15) is 6.04 Å². The van der Waals surface area contributed by atoms with Gasteiger partial charge in [0, 0.05) is 13.5 Å². The minimum atomic E-state index is -0.477. The van der Waals surface area contributed by atoms with Gasteiger partial charge >= 0.3 is 0 Å². The summed E-state index contributed by atoms with van der Waals surface area (Å²) in [5.41, 5.74) is 5.23. The van der Waals surface area contributed by atoms with Gasteiger partial charge in [0.2, 0.25) is 11.8 Å². The van der Waals surface area contributed by atoms with Gasteiger partial charge in [-0.15, -0.1) is 0 Å². The average molecular weight is 187 g/mol. The third-order valence-corrected chi connectivity index (χ3v) is 1.63. The summed E-state index contributed by atoms with van der Waals surface area (Å²) in [6.07, 6.45) is 1.02. The molecule has 0 aromatic rings. The van der Waals surface area contributed by atoms with Crippen molar-refractivity contribution in [1.29, 1.82) is 0 Å². The Morgan fingerprint density at radius 3 is 2.54 bits per heavy atom. The molecule has 0 aliphatic rings. The first-order chi connectivity index (χ1) is 6.11. The molecule has 76 valence electrons. The molecule has 13 heavy (non-hydrogen) atoms. The lowest BCUT2D eigenvalue weighted by Crippen LogP contribution is -2.43. The average Bonchev–Trinajstić information content (AvgIpc) is 2.13. The van der Waals surface area contributed by atoms with Crippen molar-refractivity contribution in [1.82, 2.24) is 10.6 Å². The second-order valence-electron chi connectivity index (χ2n) is 2.80. The molecule has 0 radical (unpaired) electrons. The van der Waals surface area contributed by atoms with Crippen molar-refractivity contribution < 1.29 is 9.59 Å². The van der Waals surface area contributed by atoms with E-state index >= 15 is 0 Å². The highest BCUT2D eigenvalue weighted by Crippen LogP contribution is 1.88. The van der Waals surface area contributed by atoms with Gasteiger partial charge in [-0.2, -0.15) is 0 Å². The Morgan fingerprint density at radius 2 is 2.08 bits per heavy atom. The van der Waals surface area contributed by atoms with Gasteiger partial charge in [-0.25, -0.2) is 0 Å². The van der Waals surface area contributed by atoms with E-state index in [1.54, 1.807) is 6.92 Å². The van der Waals surface area contributed by atoms with Crippen LogP contribution in [0.1, 0.15) is 19.8 Å². The zero-order valence-corrected chi connectivity index (χ0v) is 8.09. The Kier molecular flexibility index (Phi) is 5.88. The van der Waals surface area contributed by atoms with E-state index in [9.17, 15) is 9.59 Å². The molecule has 5 nitrogen and oxygen atoms in total. The first-order valence-corrected chi connectivity index (χ1v) is 4.32. The van der Waals surface area contributed by atoms with E-state index < -0.39 is 6.04 Å². The molecule has 0 spiro atoms. The van der Waals surface area contributed by atoms with Gasteiger partial charge in [-0.3, -0.25) is 9.59 Å². The van der Waals surface area contributed by atoms with Crippen molar-refractivity contribution in [3.63, 3.8) is 0 Å². The molecule has 0 heterocycles. The molecule has 4 N–H and O–H groups in total. The Bertz CT molecular complexity index is 182. The quantitative estimate of drug-likeness (QED) is 0.515. The molecular weight excluding hydrogens is 170 g/mol. The molecule has 0 aromatic heterocycles. The van der Waals surface area contributed by atoms with Crippen LogP contribution in [0.3, 0.4) is 0 Å². The zero-order valence-electron chi connectivity index (χ0n) is 8.09. The highest BCUT2D eigenvalue weighted by Gasteiger charge is 2.12. The Morgan fingerprint density at radius 1 is 1.46 bits per heavy atom. The third-order valence-electron chi connectivity index (χ3n) is 1.63. The monoisotopic (exact) mass is 187 g/mol. The number of likely N-dealkylation sites (N-methyl/N-ethyl adjacent to an activating group) is 1. The molecule has 0 saturated heterocycles. The maximum atomic E-state index is 11.1. The molecule has 0 saturated carbocycles. The van der Waals surface area contributed by atoms with Gasteiger partial charge in [0.15, 0.2) is 0 Å². The largest absolute Gasteiger partial charge is 0.357 e. The van der Waals surface area contributed by atoms with Crippen molar-refractivity contribution >= 4 is 11.8 Å². The van der Waals surface area contributed by atoms with Crippen LogP contribution >= 0.6 is 0 Å². The molecular formula is C8H17N3O2. The highest BCUT2D eigenvalue weighted by molar-refractivity contribution is 5.86. The molecule has 5 heteroatoms. The van der Waals surface area contributed by atoms with Crippen LogP contribution in [0.5, 0.6) is 0 Å². The van der Waals surface area contributed by atoms with Crippen LogP contribution < -0.4 is 16.4 Å². The summed E-state index contributed by atoms with van der Waals surface area (Å²) in [6.45, 7) is 2.13. The fourth-order valence-electron chi connectivity index (χ4n) is 0.858. The molecule has 0 unspecified atom stereocenters. The summed E-state index contributed by atoms with van der Waals surface area (Å²) in [5.74, 6) is -0.331. The molecule has 1 atom stereocenters. The van der Waals surface area contributed by atoms with E-state index in [1.807, 2.05) is 0 Å². The number of carbonyl (C=O) groups excluding carboxylic acids is 2. The van der Waals surface area contributed by atoms with Crippen molar-refractivity contribution in [3.8, 4) is 0 Å². The first-order valence-electron chi connectivity index (χ1n) is 4.32. The van der Waals surface area contributed by atoms with E-state index in [2.05, 4.69) is 10.6 Å².